The third kappa shape index (κ3) is 4.38. The molecule has 0 saturated carbocycles. The number of carbonyl (C=O) groups is 1. The van der Waals surface area contributed by atoms with Crippen LogP contribution >= 0.6 is 11.3 Å². The smallest absolute Gasteiger partial charge is 0.261 e. The molecule has 0 aliphatic rings. The molecule has 0 radical (unpaired) electrons. The van der Waals surface area contributed by atoms with E-state index in [1.54, 1.807) is 18.2 Å². The predicted octanol–water partition coefficient (Wildman–Crippen LogP) is 3.95. The van der Waals surface area contributed by atoms with Gasteiger partial charge in [-0.2, -0.15) is 0 Å². The number of aryl methyl sites for hydroxylation is 1. The summed E-state index contributed by atoms with van der Waals surface area (Å²) >= 11 is 1.36. The first kappa shape index (κ1) is 19.8. The second-order valence-electron chi connectivity index (χ2n) is 6.55. The molecule has 0 saturated heterocycles. The first-order valence-electron chi connectivity index (χ1n) is 9.57. The maximum atomic E-state index is 12.5. The highest BCUT2D eigenvalue weighted by molar-refractivity contribution is 7.14. The molecule has 0 aliphatic heterocycles. The lowest BCUT2D eigenvalue weighted by Crippen LogP contribution is -2.23. The van der Waals surface area contributed by atoms with E-state index in [9.17, 15) is 9.59 Å². The predicted molar refractivity (Wildman–Crippen MR) is 118 cm³/mol. The van der Waals surface area contributed by atoms with E-state index in [4.69, 9.17) is 4.74 Å². The van der Waals surface area contributed by atoms with Gasteiger partial charge in [0.15, 0.2) is 5.13 Å². The van der Waals surface area contributed by atoms with Crippen LogP contribution in [0.1, 0.15) is 13.3 Å². The number of amides is 1. The van der Waals surface area contributed by atoms with E-state index < -0.39 is 0 Å². The molecular formula is C22H20N4O3S. The first-order valence-corrected chi connectivity index (χ1v) is 10.4. The molecule has 152 valence electrons. The second kappa shape index (κ2) is 8.87. The normalized spacial score (nSPS) is 10.8. The van der Waals surface area contributed by atoms with Crippen LogP contribution in [0.2, 0.25) is 0 Å². The number of nitrogens with zero attached hydrogens (tertiary/aromatic N) is 3. The number of aromatic nitrogens is 3. The molecule has 8 heteroatoms. The van der Waals surface area contributed by atoms with Gasteiger partial charge in [-0.3, -0.25) is 14.2 Å². The summed E-state index contributed by atoms with van der Waals surface area (Å²) < 4.78 is 6.90. The van der Waals surface area contributed by atoms with Gasteiger partial charge < -0.3 is 10.1 Å². The van der Waals surface area contributed by atoms with Crippen LogP contribution in [0.3, 0.4) is 0 Å². The molecule has 30 heavy (non-hydrogen) atoms. The lowest BCUT2D eigenvalue weighted by Gasteiger charge is -2.06. The number of rotatable bonds is 7. The van der Waals surface area contributed by atoms with Crippen molar-refractivity contribution in [1.29, 1.82) is 0 Å². The average molecular weight is 420 g/mol. The minimum absolute atomic E-state index is 0.151. The number of fused-ring (bicyclic) bond motifs is 1. The number of ether oxygens (including phenoxy) is 1. The highest BCUT2D eigenvalue weighted by atomic mass is 32.1. The van der Waals surface area contributed by atoms with Gasteiger partial charge >= 0.3 is 0 Å². The molecule has 7 nitrogen and oxygen atoms in total. The van der Waals surface area contributed by atoms with Crippen molar-refractivity contribution in [2.75, 3.05) is 11.9 Å². The van der Waals surface area contributed by atoms with Gasteiger partial charge in [-0.15, -0.1) is 11.3 Å². The van der Waals surface area contributed by atoms with E-state index >= 15 is 0 Å². The maximum absolute atomic E-state index is 12.5. The summed E-state index contributed by atoms with van der Waals surface area (Å²) in [5.41, 5.74) is 2.23. The largest absolute Gasteiger partial charge is 0.494 e. The summed E-state index contributed by atoms with van der Waals surface area (Å²) in [4.78, 5) is 33.6. The molecule has 2 heterocycles. The Morgan fingerprint density at radius 2 is 1.97 bits per heavy atom. The lowest BCUT2D eigenvalue weighted by atomic mass is 10.2. The van der Waals surface area contributed by atoms with E-state index in [1.807, 2.05) is 42.6 Å². The van der Waals surface area contributed by atoms with Crippen LogP contribution in [-0.2, 0) is 11.3 Å². The standard InChI is InChI=1S/C22H20N4O3S/c1-2-29-16-9-7-15(8-10-16)19-13-30-22(24-19)25-20(27)11-12-26-14-23-18-6-4-3-5-17(18)21(26)28/h3-10,13-14H,2,11-12H2,1H3,(H,24,25,27). The number of nitrogens with one attached hydrogen (secondary N) is 1. The van der Waals surface area contributed by atoms with Gasteiger partial charge in [-0.25, -0.2) is 9.97 Å². The summed E-state index contributed by atoms with van der Waals surface area (Å²) in [6.45, 7) is 2.81. The Morgan fingerprint density at radius 3 is 2.77 bits per heavy atom. The van der Waals surface area contributed by atoms with Crippen LogP contribution in [0.25, 0.3) is 22.2 Å². The molecule has 2 aromatic carbocycles. The minimum Gasteiger partial charge on any atom is -0.494 e. The van der Waals surface area contributed by atoms with Crippen molar-refractivity contribution >= 4 is 33.3 Å². The van der Waals surface area contributed by atoms with E-state index in [1.165, 1.54) is 22.2 Å². The zero-order valence-electron chi connectivity index (χ0n) is 16.4. The third-order valence-corrected chi connectivity index (χ3v) is 5.28. The molecule has 1 amide bonds. The van der Waals surface area contributed by atoms with E-state index in [2.05, 4.69) is 15.3 Å². The molecule has 0 unspecified atom stereocenters. The van der Waals surface area contributed by atoms with Crippen LogP contribution in [-0.4, -0.2) is 27.0 Å². The lowest BCUT2D eigenvalue weighted by molar-refractivity contribution is -0.116. The van der Waals surface area contributed by atoms with Gasteiger partial charge in [0.2, 0.25) is 5.91 Å². The quantitative estimate of drug-likeness (QED) is 0.489. The van der Waals surface area contributed by atoms with Gasteiger partial charge in [-0.05, 0) is 43.3 Å². The van der Waals surface area contributed by atoms with E-state index in [0.29, 0.717) is 22.6 Å². The summed E-state index contributed by atoms with van der Waals surface area (Å²) in [6, 6.07) is 14.8. The van der Waals surface area contributed by atoms with Crippen LogP contribution in [0, 0.1) is 0 Å². The van der Waals surface area contributed by atoms with Gasteiger partial charge in [0.1, 0.15) is 5.75 Å². The highest BCUT2D eigenvalue weighted by Gasteiger charge is 2.10. The fourth-order valence-electron chi connectivity index (χ4n) is 3.02. The zero-order chi connectivity index (χ0) is 20.9. The molecule has 0 aliphatic carbocycles. The fourth-order valence-corrected chi connectivity index (χ4v) is 3.76. The van der Waals surface area contributed by atoms with Crippen molar-refractivity contribution in [3.63, 3.8) is 0 Å². The van der Waals surface area contributed by atoms with Gasteiger partial charge in [0.05, 0.1) is 29.5 Å². The molecule has 1 N–H and O–H groups in total. The molecule has 0 fully saturated rings. The number of thiazole rings is 1. The summed E-state index contributed by atoms with van der Waals surface area (Å²) in [6.07, 6.45) is 1.63. The van der Waals surface area contributed by atoms with Crippen molar-refractivity contribution < 1.29 is 9.53 Å². The Kier molecular flexibility index (Phi) is 5.85. The molecule has 0 bridgehead atoms. The number of hydrogen-bond donors (Lipinski definition) is 1. The van der Waals surface area contributed by atoms with Gasteiger partial charge in [0, 0.05) is 23.9 Å². The highest BCUT2D eigenvalue weighted by Crippen LogP contribution is 2.26. The summed E-state index contributed by atoms with van der Waals surface area (Å²) in [5, 5.41) is 5.75. The monoisotopic (exact) mass is 420 g/mol. The second-order valence-corrected chi connectivity index (χ2v) is 7.41. The van der Waals surface area contributed by atoms with Crippen molar-refractivity contribution in [2.45, 2.75) is 19.9 Å². The Labute approximate surface area is 177 Å². The van der Waals surface area contributed by atoms with Gasteiger partial charge in [0.25, 0.3) is 5.56 Å². The topological polar surface area (TPSA) is 86.1 Å². The van der Waals surface area contributed by atoms with Crippen LogP contribution in [0.5, 0.6) is 5.75 Å². The van der Waals surface area contributed by atoms with Crippen molar-refractivity contribution in [2.24, 2.45) is 0 Å². The molecule has 2 aromatic heterocycles. The number of carbonyl (C=O) groups excluding carboxylic acids is 1. The Morgan fingerprint density at radius 1 is 1.17 bits per heavy atom. The maximum Gasteiger partial charge on any atom is 0.261 e. The van der Waals surface area contributed by atoms with E-state index in [-0.39, 0.29) is 24.4 Å². The van der Waals surface area contributed by atoms with Crippen molar-refractivity contribution in [3.05, 3.63) is 70.6 Å². The van der Waals surface area contributed by atoms with E-state index in [0.717, 1.165) is 17.0 Å². The van der Waals surface area contributed by atoms with Crippen molar-refractivity contribution in [3.8, 4) is 17.0 Å². The molecule has 4 aromatic rings. The number of para-hydroxylation sites is 1. The summed E-state index contributed by atoms with van der Waals surface area (Å²) in [7, 11) is 0. The Balaban J connectivity index is 1.38. The number of anilines is 1. The Bertz CT molecular complexity index is 1230. The molecule has 4 rings (SSSR count). The average Bonchev–Trinajstić information content (AvgIpc) is 3.22. The number of hydrogen-bond acceptors (Lipinski definition) is 6. The molecular weight excluding hydrogens is 400 g/mol. The molecule has 0 spiro atoms. The van der Waals surface area contributed by atoms with Gasteiger partial charge in [-0.1, -0.05) is 12.1 Å². The Hall–Kier alpha value is -3.52. The number of benzene rings is 2. The zero-order valence-corrected chi connectivity index (χ0v) is 17.2. The fraction of sp³-hybridized carbons (Fsp3) is 0.182. The van der Waals surface area contributed by atoms with Crippen LogP contribution < -0.4 is 15.6 Å². The van der Waals surface area contributed by atoms with Crippen LogP contribution in [0.15, 0.2) is 65.0 Å². The molecule has 0 atom stereocenters. The summed E-state index contributed by atoms with van der Waals surface area (Å²) in [5.74, 6) is 0.603. The first-order chi connectivity index (χ1) is 14.6. The van der Waals surface area contributed by atoms with Crippen LogP contribution in [0.4, 0.5) is 5.13 Å². The SMILES string of the molecule is CCOc1ccc(-c2csc(NC(=O)CCn3cnc4ccccc4c3=O)n2)cc1. The third-order valence-electron chi connectivity index (χ3n) is 4.52. The van der Waals surface area contributed by atoms with Crippen molar-refractivity contribution in [1.82, 2.24) is 14.5 Å². The minimum atomic E-state index is -0.206.